The number of amides is 1. The Morgan fingerprint density at radius 1 is 1.67 bits per heavy atom. The number of aromatic nitrogens is 1. The van der Waals surface area contributed by atoms with Crippen molar-refractivity contribution in [3.8, 4) is 0 Å². The number of pyridine rings is 1. The third-order valence-electron chi connectivity index (χ3n) is 2.12. The van der Waals surface area contributed by atoms with E-state index in [1.807, 2.05) is 6.92 Å². The van der Waals surface area contributed by atoms with Gasteiger partial charge in [-0.2, -0.15) is 0 Å². The number of carbonyl (C=O) groups is 1. The highest BCUT2D eigenvalue weighted by Gasteiger charge is 2.11. The van der Waals surface area contributed by atoms with Crippen LogP contribution in [0.3, 0.4) is 0 Å². The summed E-state index contributed by atoms with van der Waals surface area (Å²) in [5.41, 5.74) is 0.613. The van der Waals surface area contributed by atoms with E-state index < -0.39 is 0 Å². The highest BCUT2D eigenvalue weighted by Crippen LogP contribution is 2.05. The molecule has 0 aromatic carbocycles. The molecule has 0 aliphatic heterocycles. The fourth-order valence-corrected chi connectivity index (χ4v) is 1.28. The molecule has 1 aromatic heterocycles. The van der Waals surface area contributed by atoms with Gasteiger partial charge in [-0.15, -0.1) is 11.6 Å². The molecule has 0 N–H and O–H groups in total. The fraction of sp³-hybridized carbons (Fsp3) is 0.455. The number of alkyl halides is 1. The van der Waals surface area contributed by atoms with E-state index in [0.717, 1.165) is 6.42 Å². The van der Waals surface area contributed by atoms with Crippen molar-refractivity contribution < 1.29 is 4.79 Å². The first-order chi connectivity index (χ1) is 7.11. The van der Waals surface area contributed by atoms with Crippen LogP contribution in [-0.2, 0) is 0 Å². The molecular formula is C11H15ClN2O. The van der Waals surface area contributed by atoms with Gasteiger partial charge in [0.2, 0.25) is 0 Å². The SMILES string of the molecule is CC(Cl)CCN(C)C(=O)c1cccnc1. The maximum absolute atomic E-state index is 11.8. The first-order valence-corrected chi connectivity index (χ1v) is 5.34. The van der Waals surface area contributed by atoms with Crippen LogP contribution in [-0.4, -0.2) is 34.8 Å². The van der Waals surface area contributed by atoms with Crippen LogP contribution in [0.4, 0.5) is 0 Å². The maximum atomic E-state index is 11.8. The van der Waals surface area contributed by atoms with Crippen LogP contribution >= 0.6 is 11.6 Å². The number of hydrogen-bond donors (Lipinski definition) is 0. The van der Waals surface area contributed by atoms with Crippen LogP contribution in [0, 0.1) is 0 Å². The van der Waals surface area contributed by atoms with Gasteiger partial charge in [0.1, 0.15) is 0 Å². The summed E-state index contributed by atoms with van der Waals surface area (Å²) in [7, 11) is 1.77. The molecule has 1 rings (SSSR count). The zero-order valence-corrected chi connectivity index (χ0v) is 9.74. The first-order valence-electron chi connectivity index (χ1n) is 4.91. The van der Waals surface area contributed by atoms with Crippen LogP contribution < -0.4 is 0 Å². The van der Waals surface area contributed by atoms with Gasteiger partial charge in [-0.25, -0.2) is 0 Å². The van der Waals surface area contributed by atoms with Crippen molar-refractivity contribution in [3.63, 3.8) is 0 Å². The predicted molar refractivity (Wildman–Crippen MR) is 61.1 cm³/mol. The number of hydrogen-bond acceptors (Lipinski definition) is 2. The molecule has 0 radical (unpaired) electrons. The number of carbonyl (C=O) groups excluding carboxylic acids is 1. The molecule has 1 unspecified atom stereocenters. The smallest absolute Gasteiger partial charge is 0.255 e. The summed E-state index contributed by atoms with van der Waals surface area (Å²) in [5, 5.41) is 0.0918. The third kappa shape index (κ3) is 3.88. The maximum Gasteiger partial charge on any atom is 0.255 e. The second-order valence-electron chi connectivity index (χ2n) is 3.54. The van der Waals surface area contributed by atoms with Crippen LogP contribution in [0.2, 0.25) is 0 Å². The number of halogens is 1. The Morgan fingerprint density at radius 2 is 2.40 bits per heavy atom. The molecule has 82 valence electrons. The van der Waals surface area contributed by atoms with Gasteiger partial charge in [0.25, 0.3) is 5.91 Å². The molecule has 0 aliphatic carbocycles. The minimum Gasteiger partial charge on any atom is -0.342 e. The Morgan fingerprint density at radius 3 is 2.93 bits per heavy atom. The molecule has 1 aromatic rings. The van der Waals surface area contributed by atoms with Gasteiger partial charge < -0.3 is 4.90 Å². The molecule has 0 bridgehead atoms. The summed E-state index contributed by atoms with van der Waals surface area (Å²) < 4.78 is 0. The second kappa shape index (κ2) is 5.71. The van der Waals surface area contributed by atoms with E-state index >= 15 is 0 Å². The molecule has 4 heteroatoms. The summed E-state index contributed by atoms with van der Waals surface area (Å²) in [6, 6.07) is 3.52. The van der Waals surface area contributed by atoms with Crippen molar-refractivity contribution >= 4 is 17.5 Å². The summed E-state index contributed by atoms with van der Waals surface area (Å²) in [4.78, 5) is 17.4. The second-order valence-corrected chi connectivity index (χ2v) is 4.28. The van der Waals surface area contributed by atoms with E-state index in [-0.39, 0.29) is 11.3 Å². The lowest BCUT2D eigenvalue weighted by Gasteiger charge is -2.17. The summed E-state index contributed by atoms with van der Waals surface area (Å²) in [6.45, 7) is 2.59. The van der Waals surface area contributed by atoms with Crippen molar-refractivity contribution in [1.82, 2.24) is 9.88 Å². The predicted octanol–water partition coefficient (Wildman–Crippen LogP) is 2.17. The van der Waals surface area contributed by atoms with Crippen LogP contribution in [0.5, 0.6) is 0 Å². The Balaban J connectivity index is 2.54. The number of nitrogens with zero attached hydrogens (tertiary/aromatic N) is 2. The monoisotopic (exact) mass is 226 g/mol. The molecule has 0 fully saturated rings. The normalized spacial score (nSPS) is 12.2. The average molecular weight is 227 g/mol. The largest absolute Gasteiger partial charge is 0.342 e. The molecule has 0 spiro atoms. The topological polar surface area (TPSA) is 33.2 Å². The van der Waals surface area contributed by atoms with Gasteiger partial charge in [0.15, 0.2) is 0 Å². The van der Waals surface area contributed by atoms with E-state index in [1.165, 1.54) is 0 Å². The molecule has 1 atom stereocenters. The fourth-order valence-electron chi connectivity index (χ4n) is 1.18. The lowest BCUT2D eigenvalue weighted by atomic mass is 10.2. The molecule has 0 saturated carbocycles. The summed E-state index contributed by atoms with van der Waals surface area (Å²) in [5.74, 6) is -0.0135. The van der Waals surface area contributed by atoms with Crippen LogP contribution in [0.25, 0.3) is 0 Å². The summed E-state index contributed by atoms with van der Waals surface area (Å²) >= 11 is 5.82. The van der Waals surface area contributed by atoms with E-state index in [9.17, 15) is 4.79 Å². The van der Waals surface area contributed by atoms with E-state index in [1.54, 1.807) is 36.5 Å². The zero-order chi connectivity index (χ0) is 11.3. The third-order valence-corrected chi connectivity index (χ3v) is 2.34. The Hall–Kier alpha value is -1.09. The van der Waals surface area contributed by atoms with Gasteiger partial charge in [0, 0.05) is 31.4 Å². The van der Waals surface area contributed by atoms with Gasteiger partial charge in [-0.3, -0.25) is 9.78 Å². The average Bonchev–Trinajstić information content (AvgIpc) is 2.26. The minimum absolute atomic E-state index is 0.0135. The molecular weight excluding hydrogens is 212 g/mol. The van der Waals surface area contributed by atoms with E-state index in [2.05, 4.69) is 4.98 Å². The molecule has 3 nitrogen and oxygen atoms in total. The van der Waals surface area contributed by atoms with Gasteiger partial charge in [0.05, 0.1) is 5.56 Å². The van der Waals surface area contributed by atoms with Gasteiger partial charge in [-0.1, -0.05) is 0 Å². The van der Waals surface area contributed by atoms with Gasteiger partial charge >= 0.3 is 0 Å². The highest BCUT2D eigenvalue weighted by atomic mass is 35.5. The van der Waals surface area contributed by atoms with Crippen LogP contribution in [0.15, 0.2) is 24.5 Å². The minimum atomic E-state index is -0.0135. The molecule has 1 amide bonds. The van der Waals surface area contributed by atoms with Crippen molar-refractivity contribution in [1.29, 1.82) is 0 Å². The first kappa shape index (κ1) is 12.0. The molecule has 0 aliphatic rings. The standard InChI is InChI=1S/C11H15ClN2O/c1-9(12)5-7-14(2)11(15)10-4-3-6-13-8-10/h3-4,6,8-9H,5,7H2,1-2H3. The highest BCUT2D eigenvalue weighted by molar-refractivity contribution is 6.20. The van der Waals surface area contributed by atoms with Crippen molar-refractivity contribution in [2.24, 2.45) is 0 Å². The van der Waals surface area contributed by atoms with E-state index in [4.69, 9.17) is 11.6 Å². The van der Waals surface area contributed by atoms with E-state index in [0.29, 0.717) is 12.1 Å². The van der Waals surface area contributed by atoms with Crippen molar-refractivity contribution in [3.05, 3.63) is 30.1 Å². The molecule has 15 heavy (non-hydrogen) atoms. The molecule has 0 saturated heterocycles. The van der Waals surface area contributed by atoms with Crippen molar-refractivity contribution in [2.75, 3.05) is 13.6 Å². The Labute approximate surface area is 95.1 Å². The quantitative estimate of drug-likeness (QED) is 0.738. The Bertz CT molecular complexity index is 314. The number of rotatable bonds is 4. The van der Waals surface area contributed by atoms with Crippen molar-refractivity contribution in [2.45, 2.75) is 18.7 Å². The zero-order valence-electron chi connectivity index (χ0n) is 8.98. The lowest BCUT2D eigenvalue weighted by molar-refractivity contribution is 0.0793. The Kier molecular flexibility index (Phi) is 4.56. The molecule has 1 heterocycles. The van der Waals surface area contributed by atoms with Crippen LogP contribution in [0.1, 0.15) is 23.7 Å². The van der Waals surface area contributed by atoms with Gasteiger partial charge in [-0.05, 0) is 25.5 Å². The summed E-state index contributed by atoms with van der Waals surface area (Å²) in [6.07, 6.45) is 4.02. The lowest BCUT2D eigenvalue weighted by Crippen LogP contribution is -2.28.